The minimum Gasteiger partial charge on any atom is -0.381 e. The molecule has 6 heteroatoms. The van der Waals surface area contributed by atoms with Crippen LogP contribution in [0.4, 0.5) is 11.6 Å². The smallest absolute Gasteiger partial charge is 0.191 e. The van der Waals surface area contributed by atoms with E-state index in [2.05, 4.69) is 34.2 Å². The molecule has 0 bridgehead atoms. The minimum absolute atomic E-state index is 0.507. The van der Waals surface area contributed by atoms with Gasteiger partial charge in [-0.2, -0.15) is 0 Å². The Kier molecular flexibility index (Phi) is 5.91. The summed E-state index contributed by atoms with van der Waals surface area (Å²) in [5.74, 6) is 1.91. The minimum atomic E-state index is 0.507. The summed E-state index contributed by atoms with van der Waals surface area (Å²) in [5, 5.41) is 4.17. The molecule has 0 aromatic carbocycles. The zero-order valence-electron chi connectivity index (χ0n) is 12.6. The maximum Gasteiger partial charge on any atom is 0.191 e. The standard InChI is InChI=1S/C14H24N4OS/c1-4-7-15-12-10-13(17-14(16-12)20-3)18(2)11-5-8-19-9-6-11/h10-11H,4-9H2,1-3H3,(H,15,16,17). The second-order valence-corrected chi connectivity index (χ2v) is 5.75. The Labute approximate surface area is 125 Å². The van der Waals surface area contributed by atoms with Gasteiger partial charge in [0.15, 0.2) is 5.16 Å². The van der Waals surface area contributed by atoms with Crippen molar-refractivity contribution < 1.29 is 4.74 Å². The van der Waals surface area contributed by atoms with Gasteiger partial charge in [-0.15, -0.1) is 0 Å². The first-order valence-electron chi connectivity index (χ1n) is 7.22. The summed E-state index contributed by atoms with van der Waals surface area (Å²) in [7, 11) is 2.12. The molecule has 0 saturated carbocycles. The normalized spacial score (nSPS) is 16.1. The molecule has 1 aliphatic heterocycles. The Bertz CT molecular complexity index is 424. The van der Waals surface area contributed by atoms with Crippen LogP contribution in [-0.4, -0.2) is 49.1 Å². The molecule has 0 spiro atoms. The van der Waals surface area contributed by atoms with Gasteiger partial charge < -0.3 is 15.0 Å². The summed E-state index contributed by atoms with van der Waals surface area (Å²) in [6.07, 6.45) is 5.22. The molecule has 5 nitrogen and oxygen atoms in total. The summed E-state index contributed by atoms with van der Waals surface area (Å²) < 4.78 is 5.43. The van der Waals surface area contributed by atoms with Crippen LogP contribution >= 0.6 is 11.8 Å². The van der Waals surface area contributed by atoms with Crippen molar-refractivity contribution in [2.45, 2.75) is 37.4 Å². The van der Waals surface area contributed by atoms with E-state index in [-0.39, 0.29) is 0 Å². The van der Waals surface area contributed by atoms with Gasteiger partial charge in [-0.1, -0.05) is 18.7 Å². The predicted octanol–water partition coefficient (Wildman–Crippen LogP) is 2.64. The number of hydrogen-bond acceptors (Lipinski definition) is 6. The summed E-state index contributed by atoms with van der Waals surface area (Å²) >= 11 is 1.58. The van der Waals surface area contributed by atoms with Crippen molar-refractivity contribution in [3.8, 4) is 0 Å². The molecule has 1 saturated heterocycles. The molecule has 1 fully saturated rings. The van der Waals surface area contributed by atoms with E-state index in [4.69, 9.17) is 4.74 Å². The predicted molar refractivity (Wildman–Crippen MR) is 84.8 cm³/mol. The highest BCUT2D eigenvalue weighted by molar-refractivity contribution is 7.98. The number of anilines is 2. The monoisotopic (exact) mass is 296 g/mol. The molecule has 1 aromatic heterocycles. The zero-order valence-corrected chi connectivity index (χ0v) is 13.4. The summed E-state index contributed by atoms with van der Waals surface area (Å²) in [6.45, 7) is 4.77. The van der Waals surface area contributed by atoms with Crippen LogP contribution in [-0.2, 0) is 4.74 Å². The number of ether oxygens (including phenoxy) is 1. The van der Waals surface area contributed by atoms with Crippen molar-refractivity contribution in [1.82, 2.24) is 9.97 Å². The van der Waals surface area contributed by atoms with E-state index in [1.807, 2.05) is 12.3 Å². The zero-order chi connectivity index (χ0) is 14.4. The lowest BCUT2D eigenvalue weighted by molar-refractivity contribution is 0.0853. The Balaban J connectivity index is 2.15. The maximum atomic E-state index is 5.43. The van der Waals surface area contributed by atoms with Crippen LogP contribution in [0.15, 0.2) is 11.2 Å². The van der Waals surface area contributed by atoms with Gasteiger partial charge in [0.1, 0.15) is 11.6 Å². The number of nitrogens with zero attached hydrogens (tertiary/aromatic N) is 3. The first-order chi connectivity index (χ1) is 9.74. The molecular weight excluding hydrogens is 272 g/mol. The van der Waals surface area contributed by atoms with Gasteiger partial charge in [-0.3, -0.25) is 0 Å². The fourth-order valence-corrected chi connectivity index (χ4v) is 2.66. The van der Waals surface area contributed by atoms with Crippen molar-refractivity contribution in [2.75, 3.05) is 43.3 Å². The largest absolute Gasteiger partial charge is 0.381 e. The fraction of sp³-hybridized carbons (Fsp3) is 0.714. The molecule has 0 unspecified atom stereocenters. The van der Waals surface area contributed by atoms with Crippen LogP contribution in [0, 0.1) is 0 Å². The van der Waals surface area contributed by atoms with Crippen LogP contribution in [0.1, 0.15) is 26.2 Å². The summed E-state index contributed by atoms with van der Waals surface area (Å²) in [6, 6.07) is 2.55. The molecular formula is C14H24N4OS. The Hall–Kier alpha value is -1.01. The quantitative estimate of drug-likeness (QED) is 0.643. The van der Waals surface area contributed by atoms with E-state index in [1.165, 1.54) is 0 Å². The molecule has 0 aliphatic carbocycles. The van der Waals surface area contributed by atoms with E-state index < -0.39 is 0 Å². The highest BCUT2D eigenvalue weighted by Crippen LogP contribution is 2.24. The lowest BCUT2D eigenvalue weighted by atomic mass is 10.1. The van der Waals surface area contributed by atoms with Crippen LogP contribution in [0.3, 0.4) is 0 Å². The van der Waals surface area contributed by atoms with E-state index in [0.29, 0.717) is 6.04 Å². The van der Waals surface area contributed by atoms with Gasteiger partial charge >= 0.3 is 0 Å². The second kappa shape index (κ2) is 7.69. The average Bonchev–Trinajstić information content (AvgIpc) is 2.52. The Morgan fingerprint density at radius 3 is 2.80 bits per heavy atom. The third kappa shape index (κ3) is 3.99. The first-order valence-corrected chi connectivity index (χ1v) is 8.44. The summed E-state index contributed by atoms with van der Waals surface area (Å²) in [5.41, 5.74) is 0. The highest BCUT2D eigenvalue weighted by atomic mass is 32.2. The van der Waals surface area contributed by atoms with Gasteiger partial charge in [-0.25, -0.2) is 9.97 Å². The number of nitrogens with one attached hydrogen (secondary N) is 1. The van der Waals surface area contributed by atoms with Crippen LogP contribution < -0.4 is 10.2 Å². The van der Waals surface area contributed by atoms with Crippen LogP contribution in [0.5, 0.6) is 0 Å². The highest BCUT2D eigenvalue weighted by Gasteiger charge is 2.20. The first kappa shape index (κ1) is 15.4. The number of rotatable bonds is 6. The van der Waals surface area contributed by atoms with Crippen molar-refractivity contribution in [3.05, 3.63) is 6.07 Å². The lowest BCUT2D eigenvalue weighted by Crippen LogP contribution is -2.37. The van der Waals surface area contributed by atoms with E-state index in [9.17, 15) is 0 Å². The maximum absolute atomic E-state index is 5.43. The Morgan fingerprint density at radius 2 is 2.15 bits per heavy atom. The number of aromatic nitrogens is 2. The molecule has 1 aliphatic rings. The van der Waals surface area contributed by atoms with E-state index in [0.717, 1.165) is 55.8 Å². The van der Waals surface area contributed by atoms with E-state index >= 15 is 0 Å². The fourth-order valence-electron chi connectivity index (χ4n) is 2.29. The van der Waals surface area contributed by atoms with Crippen molar-refractivity contribution in [3.63, 3.8) is 0 Å². The van der Waals surface area contributed by atoms with E-state index in [1.54, 1.807) is 11.8 Å². The second-order valence-electron chi connectivity index (χ2n) is 4.98. The van der Waals surface area contributed by atoms with Gasteiger partial charge in [0.05, 0.1) is 0 Å². The van der Waals surface area contributed by atoms with Gasteiger partial charge in [0, 0.05) is 38.9 Å². The topological polar surface area (TPSA) is 50.3 Å². The third-order valence-electron chi connectivity index (χ3n) is 3.53. The summed E-state index contributed by atoms with van der Waals surface area (Å²) in [4.78, 5) is 11.4. The molecule has 0 atom stereocenters. The molecule has 0 amide bonds. The third-order valence-corrected chi connectivity index (χ3v) is 4.08. The molecule has 112 valence electrons. The van der Waals surface area contributed by atoms with Crippen molar-refractivity contribution in [1.29, 1.82) is 0 Å². The lowest BCUT2D eigenvalue weighted by Gasteiger charge is -2.32. The Morgan fingerprint density at radius 1 is 1.40 bits per heavy atom. The van der Waals surface area contributed by atoms with Crippen LogP contribution in [0.2, 0.25) is 0 Å². The van der Waals surface area contributed by atoms with Crippen LogP contribution in [0.25, 0.3) is 0 Å². The SMILES string of the molecule is CCCNc1cc(N(C)C2CCOCC2)nc(SC)n1. The van der Waals surface area contributed by atoms with Crippen molar-refractivity contribution in [2.24, 2.45) is 0 Å². The van der Waals surface area contributed by atoms with Gasteiger partial charge in [0.2, 0.25) is 0 Å². The molecule has 1 aromatic rings. The molecule has 20 heavy (non-hydrogen) atoms. The average molecular weight is 296 g/mol. The molecule has 1 N–H and O–H groups in total. The van der Waals surface area contributed by atoms with Crippen molar-refractivity contribution >= 4 is 23.4 Å². The molecule has 2 heterocycles. The molecule has 2 rings (SSSR count). The van der Waals surface area contributed by atoms with Gasteiger partial charge in [-0.05, 0) is 25.5 Å². The molecule has 0 radical (unpaired) electrons. The van der Waals surface area contributed by atoms with Gasteiger partial charge in [0.25, 0.3) is 0 Å². The number of thioether (sulfide) groups is 1. The number of hydrogen-bond donors (Lipinski definition) is 1.